The van der Waals surface area contributed by atoms with Gasteiger partial charge in [0.15, 0.2) is 0 Å². The van der Waals surface area contributed by atoms with Gasteiger partial charge in [-0.15, -0.1) is 0 Å². The van der Waals surface area contributed by atoms with E-state index in [2.05, 4.69) is 25.7 Å². The Hall–Kier alpha value is -1.08. The molecule has 0 rings (SSSR count). The topological polar surface area (TPSA) is 64.3 Å². The zero-order valence-electron chi connectivity index (χ0n) is 9.29. The minimum atomic E-state index is -0.915. The molecule has 0 aromatic heterocycles. The number of nitrogens with zero attached hydrogens (tertiary/aromatic N) is 2. The maximum Gasteiger partial charge on any atom is 0.304 e. The van der Waals surface area contributed by atoms with Gasteiger partial charge in [-0.05, 0) is 19.6 Å². The smallest absolute Gasteiger partial charge is 0.304 e. The molecule has 0 aliphatic rings. The van der Waals surface area contributed by atoms with E-state index in [4.69, 9.17) is 10.4 Å². The van der Waals surface area contributed by atoms with Crippen LogP contribution in [0.5, 0.6) is 0 Å². The SMILES string of the molecule is CCN(CC)CC.N#CCCC(=O)O. The van der Waals surface area contributed by atoms with Gasteiger partial charge in [0.25, 0.3) is 0 Å². The molecule has 0 spiro atoms. The van der Waals surface area contributed by atoms with Crippen molar-refractivity contribution in [1.82, 2.24) is 4.90 Å². The first-order valence-corrected chi connectivity index (χ1v) is 4.93. The lowest BCUT2D eigenvalue weighted by molar-refractivity contribution is -0.136. The average molecular weight is 200 g/mol. The van der Waals surface area contributed by atoms with Gasteiger partial charge in [0.05, 0.1) is 12.5 Å². The van der Waals surface area contributed by atoms with Gasteiger partial charge in [-0.3, -0.25) is 4.79 Å². The molecule has 0 fully saturated rings. The van der Waals surface area contributed by atoms with Crippen molar-refractivity contribution in [2.45, 2.75) is 33.6 Å². The van der Waals surface area contributed by atoms with Crippen LogP contribution in [0.15, 0.2) is 0 Å². The monoisotopic (exact) mass is 200 g/mol. The highest BCUT2D eigenvalue weighted by Crippen LogP contribution is 1.82. The van der Waals surface area contributed by atoms with Gasteiger partial charge >= 0.3 is 5.97 Å². The van der Waals surface area contributed by atoms with Crippen LogP contribution in [0.1, 0.15) is 33.6 Å². The standard InChI is InChI=1S/C6H15N.C4H5NO2/c1-4-7(5-2)6-3;5-3-1-2-4(6)7/h4-6H2,1-3H3;1-2H2,(H,6,7). The Morgan fingerprint density at radius 1 is 1.29 bits per heavy atom. The van der Waals surface area contributed by atoms with Crippen molar-refractivity contribution in [3.63, 3.8) is 0 Å². The molecule has 1 N–H and O–H groups in total. The third kappa shape index (κ3) is 13.5. The number of carboxylic acid groups (broad SMARTS) is 1. The first-order valence-electron chi connectivity index (χ1n) is 4.93. The maximum atomic E-state index is 9.61. The Bertz CT molecular complexity index is 166. The number of aliphatic carboxylic acids is 1. The molecule has 0 amide bonds. The quantitative estimate of drug-likeness (QED) is 0.734. The molecule has 4 nitrogen and oxygen atoms in total. The molecule has 0 atom stereocenters. The molecule has 0 heterocycles. The van der Waals surface area contributed by atoms with Crippen LogP contribution in [-0.2, 0) is 4.79 Å². The molecule has 0 aliphatic carbocycles. The van der Waals surface area contributed by atoms with Gasteiger partial charge < -0.3 is 10.0 Å². The van der Waals surface area contributed by atoms with Crippen LogP contribution in [0.4, 0.5) is 0 Å². The molecule has 0 aromatic carbocycles. The van der Waals surface area contributed by atoms with Crippen LogP contribution in [0, 0.1) is 11.3 Å². The number of hydrogen-bond acceptors (Lipinski definition) is 3. The summed E-state index contributed by atoms with van der Waals surface area (Å²) in [7, 11) is 0. The number of nitriles is 1. The van der Waals surface area contributed by atoms with E-state index in [0.29, 0.717) is 0 Å². The predicted octanol–water partition coefficient (Wildman–Crippen LogP) is 1.72. The van der Waals surface area contributed by atoms with Crippen molar-refractivity contribution < 1.29 is 9.90 Å². The summed E-state index contributed by atoms with van der Waals surface area (Å²) in [6.07, 6.45) is 0.0613. The Morgan fingerprint density at radius 3 is 1.79 bits per heavy atom. The summed E-state index contributed by atoms with van der Waals surface area (Å²) >= 11 is 0. The molecule has 0 saturated heterocycles. The highest BCUT2D eigenvalue weighted by atomic mass is 16.4. The van der Waals surface area contributed by atoms with Crippen molar-refractivity contribution in [2.75, 3.05) is 19.6 Å². The molecule has 0 radical (unpaired) electrons. The van der Waals surface area contributed by atoms with Gasteiger partial charge in [0.1, 0.15) is 0 Å². The van der Waals surface area contributed by atoms with Crippen LogP contribution < -0.4 is 0 Å². The van der Waals surface area contributed by atoms with Crippen molar-refractivity contribution in [1.29, 1.82) is 5.26 Å². The lowest BCUT2D eigenvalue weighted by Gasteiger charge is -2.13. The fourth-order valence-electron chi connectivity index (χ4n) is 0.834. The third-order valence-corrected chi connectivity index (χ3v) is 1.79. The predicted molar refractivity (Wildman–Crippen MR) is 55.9 cm³/mol. The van der Waals surface area contributed by atoms with Crippen LogP contribution in [0.3, 0.4) is 0 Å². The highest BCUT2D eigenvalue weighted by molar-refractivity contribution is 5.66. The molecular formula is C10H20N2O2. The molecule has 14 heavy (non-hydrogen) atoms. The summed E-state index contributed by atoms with van der Waals surface area (Å²) in [5, 5.41) is 15.7. The number of rotatable bonds is 5. The van der Waals surface area contributed by atoms with Crippen molar-refractivity contribution in [2.24, 2.45) is 0 Å². The van der Waals surface area contributed by atoms with E-state index in [9.17, 15) is 4.79 Å². The minimum Gasteiger partial charge on any atom is -0.481 e. The summed E-state index contributed by atoms with van der Waals surface area (Å²) in [4.78, 5) is 12.0. The maximum absolute atomic E-state index is 9.61. The zero-order chi connectivity index (χ0) is 11.4. The summed E-state index contributed by atoms with van der Waals surface area (Å²) in [5.74, 6) is -0.915. The van der Waals surface area contributed by atoms with E-state index in [1.165, 1.54) is 19.6 Å². The average Bonchev–Trinajstić information content (AvgIpc) is 2.18. The molecule has 0 unspecified atom stereocenters. The second-order valence-electron chi connectivity index (χ2n) is 2.67. The summed E-state index contributed by atoms with van der Waals surface area (Å²) in [6.45, 7) is 10.1. The molecule has 4 heteroatoms. The normalized spacial score (nSPS) is 8.79. The van der Waals surface area contributed by atoms with Gasteiger partial charge in [-0.1, -0.05) is 20.8 Å². The largest absolute Gasteiger partial charge is 0.481 e. The molecule has 0 saturated carbocycles. The second-order valence-corrected chi connectivity index (χ2v) is 2.67. The van der Waals surface area contributed by atoms with Crippen molar-refractivity contribution >= 4 is 5.97 Å². The molecular weight excluding hydrogens is 180 g/mol. The van der Waals surface area contributed by atoms with Gasteiger partial charge in [0.2, 0.25) is 0 Å². The van der Waals surface area contributed by atoms with Crippen LogP contribution >= 0.6 is 0 Å². The Labute approximate surface area is 86.1 Å². The number of carbonyl (C=O) groups is 1. The van der Waals surface area contributed by atoms with Crippen LogP contribution in [-0.4, -0.2) is 35.6 Å². The molecule has 0 aliphatic heterocycles. The van der Waals surface area contributed by atoms with Gasteiger partial charge in [-0.25, -0.2) is 0 Å². The van der Waals surface area contributed by atoms with E-state index < -0.39 is 5.97 Å². The first kappa shape index (κ1) is 15.4. The fraction of sp³-hybridized carbons (Fsp3) is 0.800. The van der Waals surface area contributed by atoms with Gasteiger partial charge in [-0.2, -0.15) is 5.26 Å². The van der Waals surface area contributed by atoms with Crippen molar-refractivity contribution in [3.8, 4) is 6.07 Å². The van der Waals surface area contributed by atoms with Crippen molar-refractivity contribution in [3.05, 3.63) is 0 Å². The van der Waals surface area contributed by atoms with E-state index in [0.717, 1.165) is 0 Å². The highest BCUT2D eigenvalue weighted by Gasteiger charge is 1.91. The fourth-order valence-corrected chi connectivity index (χ4v) is 0.834. The molecule has 0 aromatic rings. The lowest BCUT2D eigenvalue weighted by Crippen LogP contribution is -2.21. The second kappa shape index (κ2) is 11.9. The Kier molecular flexibility index (Phi) is 13.1. The number of hydrogen-bond donors (Lipinski definition) is 1. The van der Waals surface area contributed by atoms with E-state index in [1.54, 1.807) is 6.07 Å². The Morgan fingerprint density at radius 2 is 1.71 bits per heavy atom. The van der Waals surface area contributed by atoms with E-state index >= 15 is 0 Å². The van der Waals surface area contributed by atoms with Crippen LogP contribution in [0.2, 0.25) is 0 Å². The zero-order valence-corrected chi connectivity index (χ0v) is 9.29. The van der Waals surface area contributed by atoms with E-state index in [1.807, 2.05) is 0 Å². The van der Waals surface area contributed by atoms with Gasteiger partial charge in [0, 0.05) is 6.42 Å². The minimum absolute atomic E-state index is 0.0451. The van der Waals surface area contributed by atoms with E-state index in [-0.39, 0.29) is 12.8 Å². The molecule has 82 valence electrons. The molecule has 0 bridgehead atoms. The first-order chi connectivity index (χ1) is 6.62. The summed E-state index contributed by atoms with van der Waals surface area (Å²) < 4.78 is 0. The lowest BCUT2D eigenvalue weighted by atomic mass is 10.3. The number of carboxylic acids is 1. The summed E-state index contributed by atoms with van der Waals surface area (Å²) in [5.41, 5.74) is 0. The Balaban J connectivity index is 0. The summed E-state index contributed by atoms with van der Waals surface area (Å²) in [6, 6.07) is 1.72. The third-order valence-electron chi connectivity index (χ3n) is 1.79. The van der Waals surface area contributed by atoms with Crippen LogP contribution in [0.25, 0.3) is 0 Å².